The minimum atomic E-state index is -3.02. The fraction of sp³-hybridized carbons (Fsp3) is 0. The molecule has 44 heavy (non-hydrogen) atoms. The number of hydrogen-bond donors (Lipinski definition) is 0. The van der Waals surface area contributed by atoms with Crippen molar-refractivity contribution in [2.75, 3.05) is 0 Å². The summed E-state index contributed by atoms with van der Waals surface area (Å²) in [5, 5.41) is 8.20. The number of hydrogen-bond acceptors (Lipinski definition) is 0. The quantitative estimate of drug-likeness (QED) is 0.111. The van der Waals surface area contributed by atoms with Crippen LogP contribution in [-0.4, -0.2) is 15.2 Å². The van der Waals surface area contributed by atoms with Crippen LogP contribution in [0.1, 0.15) is 0 Å². The molecular weight excluding hydrogens is 968 g/mol. The molecule has 0 aliphatic rings. The maximum absolute atomic E-state index is 3.75. The largest absolute Gasteiger partial charge is 0.154 e. The Morgan fingerprint density at radius 2 is 0.318 bits per heavy atom. The molecular formula is C36H24Br6Si2. The fourth-order valence-electron chi connectivity index (χ4n) is 6.50. The lowest BCUT2D eigenvalue weighted by Crippen LogP contribution is -2.94. The molecule has 6 aromatic carbocycles. The van der Waals surface area contributed by atoms with Crippen LogP contribution in [-0.2, 0) is 0 Å². The minimum Gasteiger partial charge on any atom is -0.0613 e. The summed E-state index contributed by atoms with van der Waals surface area (Å²) in [4.78, 5) is 0. The summed E-state index contributed by atoms with van der Waals surface area (Å²) < 4.78 is 6.41. The molecule has 6 rings (SSSR count). The maximum atomic E-state index is 3.75. The zero-order chi connectivity index (χ0) is 30.9. The molecule has 0 atom stereocenters. The fourth-order valence-corrected chi connectivity index (χ4v) is 27.5. The highest BCUT2D eigenvalue weighted by Gasteiger charge is 2.61. The van der Waals surface area contributed by atoms with Crippen molar-refractivity contribution in [2.45, 2.75) is 0 Å². The topological polar surface area (TPSA) is 0 Å². The van der Waals surface area contributed by atoms with Crippen molar-refractivity contribution in [3.05, 3.63) is 172 Å². The van der Waals surface area contributed by atoms with E-state index in [2.05, 4.69) is 241 Å². The van der Waals surface area contributed by atoms with Gasteiger partial charge < -0.3 is 0 Å². The Hall–Kier alpha value is -1.37. The second kappa shape index (κ2) is 13.8. The van der Waals surface area contributed by atoms with E-state index in [1.807, 2.05) is 0 Å². The van der Waals surface area contributed by atoms with Crippen LogP contribution in [0, 0.1) is 0 Å². The van der Waals surface area contributed by atoms with Gasteiger partial charge in [-0.15, -0.1) is 0 Å². The minimum absolute atomic E-state index is 1.07. The zero-order valence-electron chi connectivity index (χ0n) is 23.1. The van der Waals surface area contributed by atoms with Gasteiger partial charge in [-0.1, -0.05) is 199 Å². The highest BCUT2D eigenvalue weighted by molar-refractivity contribution is 9.11. The highest BCUT2D eigenvalue weighted by atomic mass is 79.9. The molecule has 0 bridgehead atoms. The Morgan fingerprint density at radius 3 is 0.432 bits per heavy atom. The summed E-state index contributed by atoms with van der Waals surface area (Å²) in [6.45, 7) is 0. The van der Waals surface area contributed by atoms with Crippen molar-refractivity contribution in [3.63, 3.8) is 0 Å². The maximum Gasteiger partial charge on any atom is 0.154 e. The van der Waals surface area contributed by atoms with Gasteiger partial charge in [-0.25, -0.2) is 0 Å². The average Bonchev–Trinajstić information content (AvgIpc) is 3.03. The molecule has 0 fully saturated rings. The molecule has 0 aliphatic carbocycles. The van der Waals surface area contributed by atoms with Crippen LogP contribution in [0.3, 0.4) is 0 Å². The third-order valence-electron chi connectivity index (χ3n) is 8.23. The van der Waals surface area contributed by atoms with Crippen LogP contribution >= 0.6 is 95.6 Å². The normalized spacial score (nSPS) is 11.9. The van der Waals surface area contributed by atoms with E-state index in [4.69, 9.17) is 0 Å². The van der Waals surface area contributed by atoms with Crippen molar-refractivity contribution in [1.82, 2.24) is 0 Å². The SMILES string of the molecule is Brc1ccc([Si](c2ccc(Br)cc2)(c2ccc(Br)cc2)[Si](c2ccc(Br)cc2)(c2ccc(Br)cc2)c2ccc(Br)cc2)cc1. The highest BCUT2D eigenvalue weighted by Crippen LogP contribution is 2.27. The van der Waals surface area contributed by atoms with Gasteiger partial charge in [0.1, 0.15) is 0 Å². The molecule has 0 amide bonds. The Labute approximate surface area is 310 Å². The lowest BCUT2D eigenvalue weighted by Gasteiger charge is -2.50. The van der Waals surface area contributed by atoms with E-state index in [1.54, 1.807) is 0 Å². The Balaban J connectivity index is 1.94. The summed E-state index contributed by atoms with van der Waals surface area (Å²) >= 11 is 22.5. The predicted octanol–water partition coefficient (Wildman–Crippen LogP) is 8.98. The van der Waals surface area contributed by atoms with Crippen molar-refractivity contribution < 1.29 is 0 Å². The molecule has 0 saturated heterocycles. The predicted molar refractivity (Wildman–Crippen MR) is 214 cm³/mol. The second-order valence-electron chi connectivity index (χ2n) is 10.5. The van der Waals surface area contributed by atoms with E-state index in [9.17, 15) is 0 Å². The third-order valence-corrected chi connectivity index (χ3v) is 28.3. The van der Waals surface area contributed by atoms with Crippen molar-refractivity contribution in [1.29, 1.82) is 0 Å². The zero-order valence-corrected chi connectivity index (χ0v) is 34.6. The summed E-state index contributed by atoms with van der Waals surface area (Å²) in [7, 11) is -6.03. The molecule has 0 radical (unpaired) electrons. The van der Waals surface area contributed by atoms with Crippen LogP contribution in [0.5, 0.6) is 0 Å². The summed E-state index contributed by atoms with van der Waals surface area (Å²) in [6.07, 6.45) is 0. The van der Waals surface area contributed by atoms with Gasteiger partial charge in [-0.05, 0) is 72.8 Å². The number of halogens is 6. The first kappa shape index (κ1) is 32.6. The molecule has 0 spiro atoms. The average molecular weight is 992 g/mol. The number of rotatable bonds is 7. The Kier molecular flexibility index (Phi) is 10.2. The van der Waals surface area contributed by atoms with Crippen LogP contribution < -0.4 is 31.1 Å². The molecule has 0 aromatic heterocycles. The van der Waals surface area contributed by atoms with Gasteiger partial charge in [0.2, 0.25) is 0 Å². The van der Waals surface area contributed by atoms with Crippen LogP contribution in [0.2, 0.25) is 0 Å². The Morgan fingerprint density at radius 1 is 0.205 bits per heavy atom. The molecule has 0 heterocycles. The lowest BCUT2D eigenvalue weighted by atomic mass is 10.3. The molecule has 8 heteroatoms. The van der Waals surface area contributed by atoms with Crippen LogP contribution in [0.4, 0.5) is 0 Å². The van der Waals surface area contributed by atoms with E-state index in [0.717, 1.165) is 26.8 Å². The van der Waals surface area contributed by atoms with E-state index >= 15 is 0 Å². The molecule has 0 N–H and O–H groups in total. The van der Waals surface area contributed by atoms with Gasteiger partial charge in [-0.2, -0.15) is 0 Å². The molecule has 0 aliphatic heterocycles. The van der Waals surface area contributed by atoms with E-state index in [-0.39, 0.29) is 0 Å². The number of benzene rings is 6. The molecule has 6 aromatic rings. The molecule has 0 saturated carbocycles. The van der Waals surface area contributed by atoms with Gasteiger partial charge >= 0.3 is 0 Å². The van der Waals surface area contributed by atoms with E-state index in [1.165, 1.54) is 31.1 Å². The molecule has 218 valence electrons. The van der Waals surface area contributed by atoms with Gasteiger partial charge in [0, 0.05) is 26.8 Å². The monoisotopic (exact) mass is 986 g/mol. The summed E-state index contributed by atoms with van der Waals surface area (Å²) in [6, 6.07) is 54.8. The van der Waals surface area contributed by atoms with Crippen molar-refractivity contribution in [3.8, 4) is 0 Å². The summed E-state index contributed by atoms with van der Waals surface area (Å²) in [5.74, 6) is 0. The molecule has 0 unspecified atom stereocenters. The van der Waals surface area contributed by atoms with Crippen molar-refractivity contribution in [2.24, 2.45) is 0 Å². The van der Waals surface area contributed by atoms with Gasteiger partial charge in [-0.3, -0.25) is 0 Å². The standard InChI is InChI=1S/C36H24Br6Si2/c37-25-1-13-31(14-2-25)43(32-15-3-26(38)4-16-32,33-17-5-27(39)6-18-33)44(34-19-7-28(40)8-20-34,35-21-9-29(41)10-22-35)36-23-11-30(42)12-24-36/h1-24H. The van der Waals surface area contributed by atoms with E-state index < -0.39 is 15.2 Å². The molecule has 0 nitrogen and oxygen atoms in total. The van der Waals surface area contributed by atoms with Crippen molar-refractivity contribution >= 4 is 142 Å². The third kappa shape index (κ3) is 5.94. The van der Waals surface area contributed by atoms with E-state index in [0.29, 0.717) is 0 Å². The van der Waals surface area contributed by atoms with Crippen LogP contribution in [0.25, 0.3) is 0 Å². The van der Waals surface area contributed by atoms with Crippen LogP contribution in [0.15, 0.2) is 172 Å². The van der Waals surface area contributed by atoms with Gasteiger partial charge in [0.05, 0.1) is 0 Å². The lowest BCUT2D eigenvalue weighted by molar-refractivity contribution is 1.62. The first-order chi connectivity index (χ1) is 21.2. The second-order valence-corrected chi connectivity index (χ2v) is 27.0. The summed E-state index contributed by atoms with van der Waals surface area (Å²) in [5.41, 5.74) is 0. The Bertz CT molecular complexity index is 1510. The first-order valence-electron chi connectivity index (χ1n) is 13.8. The van der Waals surface area contributed by atoms with Gasteiger partial charge in [0.15, 0.2) is 15.2 Å². The van der Waals surface area contributed by atoms with Gasteiger partial charge in [0.25, 0.3) is 0 Å². The first-order valence-corrected chi connectivity index (χ1v) is 23.6. The smallest absolute Gasteiger partial charge is 0.0613 e.